The molecule has 1 saturated carbocycles. The van der Waals surface area contributed by atoms with Crippen LogP contribution in [0.2, 0.25) is 0 Å². The quantitative estimate of drug-likeness (QED) is 0.651. The van der Waals surface area contributed by atoms with Crippen molar-refractivity contribution in [3.8, 4) is 0 Å². The first-order chi connectivity index (χ1) is 5.79. The topological polar surface area (TPSA) is 29.1 Å². The summed E-state index contributed by atoms with van der Waals surface area (Å²) in [6, 6.07) is 0.606. The van der Waals surface area contributed by atoms with Crippen molar-refractivity contribution in [1.82, 2.24) is 5.32 Å². The molecule has 2 nitrogen and oxygen atoms in total. The van der Waals surface area contributed by atoms with Crippen LogP contribution in [0, 0.1) is 0 Å². The van der Waals surface area contributed by atoms with Crippen molar-refractivity contribution in [2.45, 2.75) is 45.1 Å². The van der Waals surface area contributed by atoms with Crippen molar-refractivity contribution >= 4 is 5.78 Å². The van der Waals surface area contributed by atoms with Crippen LogP contribution in [0.25, 0.3) is 0 Å². The lowest BCUT2D eigenvalue weighted by molar-refractivity contribution is -0.112. The zero-order valence-electron chi connectivity index (χ0n) is 7.68. The SMILES string of the molecule is CC(=O)/C=C\NC1CCCCC1. The van der Waals surface area contributed by atoms with Gasteiger partial charge < -0.3 is 5.32 Å². The van der Waals surface area contributed by atoms with Gasteiger partial charge in [-0.1, -0.05) is 19.3 Å². The second-order valence-electron chi connectivity index (χ2n) is 3.45. The van der Waals surface area contributed by atoms with Crippen LogP contribution in [-0.4, -0.2) is 11.8 Å². The first-order valence-corrected chi connectivity index (χ1v) is 4.72. The summed E-state index contributed by atoms with van der Waals surface area (Å²) in [5, 5.41) is 3.25. The fourth-order valence-corrected chi connectivity index (χ4v) is 1.57. The van der Waals surface area contributed by atoms with E-state index in [1.54, 1.807) is 19.2 Å². The molecule has 0 saturated heterocycles. The van der Waals surface area contributed by atoms with Gasteiger partial charge in [0.1, 0.15) is 0 Å². The Labute approximate surface area is 74.0 Å². The third-order valence-electron chi connectivity index (χ3n) is 2.26. The van der Waals surface area contributed by atoms with E-state index in [2.05, 4.69) is 5.32 Å². The summed E-state index contributed by atoms with van der Waals surface area (Å²) in [4.78, 5) is 10.6. The lowest BCUT2D eigenvalue weighted by Gasteiger charge is -2.21. The number of carbonyl (C=O) groups is 1. The lowest BCUT2D eigenvalue weighted by atomic mass is 9.96. The van der Waals surface area contributed by atoms with Gasteiger partial charge in [-0.25, -0.2) is 0 Å². The minimum atomic E-state index is 0.110. The molecule has 0 aromatic heterocycles. The predicted octanol–water partition coefficient (Wildman–Crippen LogP) is 2.01. The highest BCUT2D eigenvalue weighted by atomic mass is 16.1. The summed E-state index contributed by atoms with van der Waals surface area (Å²) in [5.41, 5.74) is 0. The molecule has 0 heterocycles. The fourth-order valence-electron chi connectivity index (χ4n) is 1.57. The van der Waals surface area contributed by atoms with Crippen molar-refractivity contribution in [1.29, 1.82) is 0 Å². The van der Waals surface area contributed by atoms with Crippen molar-refractivity contribution in [3.63, 3.8) is 0 Å². The van der Waals surface area contributed by atoms with E-state index in [1.165, 1.54) is 32.1 Å². The molecule has 0 radical (unpaired) electrons. The van der Waals surface area contributed by atoms with Crippen LogP contribution in [0.1, 0.15) is 39.0 Å². The average molecular weight is 167 g/mol. The molecule has 0 aromatic rings. The second-order valence-corrected chi connectivity index (χ2v) is 3.45. The number of ketones is 1. The van der Waals surface area contributed by atoms with Crippen LogP contribution in [0.3, 0.4) is 0 Å². The van der Waals surface area contributed by atoms with Crippen molar-refractivity contribution in [2.24, 2.45) is 0 Å². The number of rotatable bonds is 3. The fraction of sp³-hybridized carbons (Fsp3) is 0.700. The van der Waals surface area contributed by atoms with Crippen molar-refractivity contribution in [2.75, 3.05) is 0 Å². The van der Waals surface area contributed by atoms with Crippen molar-refractivity contribution < 1.29 is 4.79 Å². The normalized spacial score (nSPS) is 19.8. The maximum Gasteiger partial charge on any atom is 0.154 e. The van der Waals surface area contributed by atoms with E-state index in [-0.39, 0.29) is 5.78 Å². The van der Waals surface area contributed by atoms with Gasteiger partial charge in [-0.2, -0.15) is 0 Å². The van der Waals surface area contributed by atoms with E-state index in [0.717, 1.165) is 0 Å². The molecule has 0 atom stereocenters. The Morgan fingerprint density at radius 3 is 2.58 bits per heavy atom. The van der Waals surface area contributed by atoms with Gasteiger partial charge in [-0.05, 0) is 25.8 Å². The van der Waals surface area contributed by atoms with E-state index in [1.807, 2.05) is 0 Å². The monoisotopic (exact) mass is 167 g/mol. The smallest absolute Gasteiger partial charge is 0.154 e. The summed E-state index contributed by atoms with van der Waals surface area (Å²) >= 11 is 0. The van der Waals surface area contributed by atoms with Gasteiger partial charge in [0.2, 0.25) is 0 Å². The van der Waals surface area contributed by atoms with Gasteiger partial charge in [0, 0.05) is 12.2 Å². The summed E-state index contributed by atoms with van der Waals surface area (Å²) in [6.07, 6.45) is 9.91. The van der Waals surface area contributed by atoms with Crippen molar-refractivity contribution in [3.05, 3.63) is 12.3 Å². The molecule has 0 aliphatic heterocycles. The van der Waals surface area contributed by atoms with Crippen LogP contribution < -0.4 is 5.32 Å². The van der Waals surface area contributed by atoms with E-state index in [4.69, 9.17) is 0 Å². The molecule has 0 unspecified atom stereocenters. The maximum atomic E-state index is 10.6. The molecule has 0 bridgehead atoms. The molecule has 1 fully saturated rings. The minimum absolute atomic E-state index is 0.110. The Bertz CT molecular complexity index is 169. The Morgan fingerprint density at radius 2 is 2.00 bits per heavy atom. The molecule has 68 valence electrons. The van der Waals surface area contributed by atoms with Crippen LogP contribution in [-0.2, 0) is 4.79 Å². The molecule has 0 aromatic carbocycles. The van der Waals surface area contributed by atoms with Gasteiger partial charge in [-0.15, -0.1) is 0 Å². The van der Waals surface area contributed by atoms with Crippen LogP contribution >= 0.6 is 0 Å². The summed E-state index contributed by atoms with van der Waals surface area (Å²) in [6.45, 7) is 1.57. The van der Waals surface area contributed by atoms with Crippen LogP contribution in [0.4, 0.5) is 0 Å². The van der Waals surface area contributed by atoms with E-state index < -0.39 is 0 Å². The van der Waals surface area contributed by atoms with Gasteiger partial charge in [-0.3, -0.25) is 4.79 Å². The van der Waals surface area contributed by atoms with Gasteiger partial charge in [0.25, 0.3) is 0 Å². The summed E-state index contributed by atoms with van der Waals surface area (Å²) < 4.78 is 0. The van der Waals surface area contributed by atoms with Crippen LogP contribution in [0.15, 0.2) is 12.3 Å². The molecule has 12 heavy (non-hydrogen) atoms. The molecule has 1 N–H and O–H groups in total. The third kappa shape index (κ3) is 3.56. The Kier molecular flexibility index (Phi) is 3.85. The maximum absolute atomic E-state index is 10.6. The number of hydrogen-bond donors (Lipinski definition) is 1. The van der Waals surface area contributed by atoms with E-state index >= 15 is 0 Å². The molecule has 1 aliphatic carbocycles. The molecule has 1 aliphatic rings. The molecule has 0 amide bonds. The van der Waals surface area contributed by atoms with E-state index in [0.29, 0.717) is 6.04 Å². The molecule has 1 rings (SSSR count). The standard InChI is InChI=1S/C10H17NO/c1-9(12)7-8-11-10-5-3-2-4-6-10/h7-8,10-11H,2-6H2,1H3/b8-7-. The number of nitrogens with one attached hydrogen (secondary N) is 1. The van der Waals surface area contributed by atoms with E-state index in [9.17, 15) is 4.79 Å². The summed E-state index contributed by atoms with van der Waals surface area (Å²) in [5.74, 6) is 0.110. The lowest BCUT2D eigenvalue weighted by Crippen LogP contribution is -2.26. The van der Waals surface area contributed by atoms with Gasteiger partial charge in [0.15, 0.2) is 5.78 Å². The predicted molar refractivity (Wildman–Crippen MR) is 49.8 cm³/mol. The Hall–Kier alpha value is -0.790. The Morgan fingerprint density at radius 1 is 1.33 bits per heavy atom. The minimum Gasteiger partial charge on any atom is -0.388 e. The first kappa shape index (κ1) is 9.30. The Balaban J connectivity index is 2.17. The zero-order chi connectivity index (χ0) is 8.81. The summed E-state index contributed by atoms with van der Waals surface area (Å²) in [7, 11) is 0. The number of hydrogen-bond acceptors (Lipinski definition) is 2. The highest BCUT2D eigenvalue weighted by Crippen LogP contribution is 2.16. The number of allylic oxidation sites excluding steroid dienone is 1. The average Bonchev–Trinajstić information content (AvgIpc) is 2.05. The molecule has 0 spiro atoms. The number of carbonyl (C=O) groups excluding carboxylic acids is 1. The zero-order valence-corrected chi connectivity index (χ0v) is 7.68. The second kappa shape index (κ2) is 4.96. The molecular formula is C10H17NO. The largest absolute Gasteiger partial charge is 0.388 e. The van der Waals surface area contributed by atoms with Gasteiger partial charge in [0.05, 0.1) is 0 Å². The molecular weight excluding hydrogens is 150 g/mol. The third-order valence-corrected chi connectivity index (χ3v) is 2.26. The van der Waals surface area contributed by atoms with Crippen LogP contribution in [0.5, 0.6) is 0 Å². The molecule has 2 heteroatoms. The first-order valence-electron chi connectivity index (χ1n) is 4.72. The highest BCUT2D eigenvalue weighted by Gasteiger charge is 2.10. The van der Waals surface area contributed by atoms with Gasteiger partial charge >= 0.3 is 0 Å². The highest BCUT2D eigenvalue weighted by molar-refractivity contribution is 5.87.